The maximum Gasteiger partial charge on any atom is 0.231 e. The van der Waals surface area contributed by atoms with Gasteiger partial charge in [-0.3, -0.25) is 4.79 Å². The Morgan fingerprint density at radius 3 is 2.65 bits per heavy atom. The van der Waals surface area contributed by atoms with Crippen LogP contribution in [0.1, 0.15) is 44.1 Å². The zero-order chi connectivity index (χ0) is 15.9. The van der Waals surface area contributed by atoms with Crippen LogP contribution >= 0.6 is 0 Å². The predicted molar refractivity (Wildman–Crippen MR) is 93.5 cm³/mol. The number of nitrogens with one attached hydrogen (secondary N) is 1. The van der Waals surface area contributed by atoms with Gasteiger partial charge in [-0.05, 0) is 44.1 Å². The van der Waals surface area contributed by atoms with Crippen molar-refractivity contribution in [1.29, 1.82) is 0 Å². The van der Waals surface area contributed by atoms with Gasteiger partial charge in [0.05, 0.1) is 25.6 Å². The minimum Gasteiger partial charge on any atom is -0.342 e. The van der Waals surface area contributed by atoms with Crippen molar-refractivity contribution in [3.05, 3.63) is 35.9 Å². The normalized spacial score (nSPS) is 25.3. The number of likely N-dealkylation sites (tertiary alicyclic amines) is 2. The van der Waals surface area contributed by atoms with E-state index in [2.05, 4.69) is 35.2 Å². The number of carbonyl (C=O) groups excluding carboxylic acids is 1. The van der Waals surface area contributed by atoms with E-state index in [-0.39, 0.29) is 5.92 Å². The molecule has 2 fully saturated rings. The van der Waals surface area contributed by atoms with E-state index in [1.165, 1.54) is 50.8 Å². The molecule has 23 heavy (non-hydrogen) atoms. The molecule has 1 N–H and O–H groups in total. The van der Waals surface area contributed by atoms with Crippen LogP contribution in [-0.4, -0.2) is 43.5 Å². The summed E-state index contributed by atoms with van der Waals surface area (Å²) in [6, 6.07) is 10.8. The topological polar surface area (TPSA) is 24.8 Å². The Kier molecular flexibility index (Phi) is 6.09. The van der Waals surface area contributed by atoms with E-state index < -0.39 is 0 Å². The van der Waals surface area contributed by atoms with Gasteiger partial charge in [0.15, 0.2) is 0 Å². The van der Waals surface area contributed by atoms with Gasteiger partial charge in [0, 0.05) is 19.5 Å². The fourth-order valence-electron chi connectivity index (χ4n) is 4.15. The van der Waals surface area contributed by atoms with Crippen LogP contribution in [0.15, 0.2) is 30.3 Å². The molecule has 1 amide bonds. The summed E-state index contributed by atoms with van der Waals surface area (Å²) >= 11 is 0. The average molecular weight is 315 g/mol. The molecule has 1 aromatic carbocycles. The first-order valence-electron chi connectivity index (χ1n) is 9.49. The minimum absolute atomic E-state index is 0.286. The van der Waals surface area contributed by atoms with Crippen LogP contribution in [0.25, 0.3) is 0 Å². The summed E-state index contributed by atoms with van der Waals surface area (Å²) < 4.78 is 0. The molecule has 0 bridgehead atoms. The Bertz CT molecular complexity index is 482. The molecular formula is C20H31N2O+. The molecule has 2 aliphatic rings. The Morgan fingerprint density at radius 2 is 1.87 bits per heavy atom. The fourth-order valence-corrected chi connectivity index (χ4v) is 4.15. The van der Waals surface area contributed by atoms with Crippen molar-refractivity contribution < 1.29 is 9.69 Å². The predicted octanol–water partition coefficient (Wildman–Crippen LogP) is 1.93. The van der Waals surface area contributed by atoms with Crippen LogP contribution in [0, 0.1) is 5.92 Å². The van der Waals surface area contributed by atoms with Crippen LogP contribution in [0.2, 0.25) is 0 Å². The summed E-state index contributed by atoms with van der Waals surface area (Å²) in [4.78, 5) is 16.5. The first-order chi connectivity index (χ1) is 11.3. The first-order valence-corrected chi connectivity index (χ1v) is 9.49. The number of benzene rings is 1. The monoisotopic (exact) mass is 315 g/mol. The molecule has 2 saturated heterocycles. The van der Waals surface area contributed by atoms with E-state index in [0.29, 0.717) is 5.91 Å². The zero-order valence-corrected chi connectivity index (χ0v) is 14.3. The second kappa shape index (κ2) is 8.49. The third-order valence-electron chi connectivity index (χ3n) is 5.47. The molecule has 0 radical (unpaired) electrons. The lowest BCUT2D eigenvalue weighted by Crippen LogP contribution is -3.13. The Labute approximate surface area is 140 Å². The molecule has 3 nitrogen and oxygen atoms in total. The second-order valence-corrected chi connectivity index (χ2v) is 7.27. The van der Waals surface area contributed by atoms with Gasteiger partial charge in [-0.2, -0.15) is 0 Å². The number of amides is 1. The van der Waals surface area contributed by atoms with Gasteiger partial charge in [0.25, 0.3) is 0 Å². The molecule has 0 aromatic heterocycles. The van der Waals surface area contributed by atoms with E-state index >= 15 is 0 Å². The van der Waals surface area contributed by atoms with Crippen molar-refractivity contribution in [2.45, 2.75) is 44.9 Å². The Hall–Kier alpha value is -1.35. The highest BCUT2D eigenvalue weighted by Gasteiger charge is 2.31. The smallest absolute Gasteiger partial charge is 0.231 e. The van der Waals surface area contributed by atoms with Crippen molar-refractivity contribution in [2.24, 2.45) is 5.92 Å². The van der Waals surface area contributed by atoms with Crippen molar-refractivity contribution in [3.63, 3.8) is 0 Å². The van der Waals surface area contributed by atoms with Gasteiger partial charge >= 0.3 is 0 Å². The van der Waals surface area contributed by atoms with E-state index in [4.69, 9.17) is 0 Å². The number of quaternary nitrogens is 1. The van der Waals surface area contributed by atoms with Gasteiger partial charge in [-0.1, -0.05) is 30.3 Å². The number of nitrogens with zero attached hydrogens (tertiary/aromatic N) is 1. The van der Waals surface area contributed by atoms with Crippen LogP contribution in [0.5, 0.6) is 0 Å². The van der Waals surface area contributed by atoms with Gasteiger partial charge in [-0.15, -0.1) is 0 Å². The number of rotatable bonds is 5. The summed E-state index contributed by atoms with van der Waals surface area (Å²) in [6.07, 6.45) is 8.41. The molecule has 1 unspecified atom stereocenters. The lowest BCUT2D eigenvalue weighted by molar-refractivity contribution is -0.907. The SMILES string of the molecule is O=C([C@H]1CCC[NH+](CCCc2ccccc2)C1)N1CCCCC1. The molecule has 1 aromatic rings. The maximum absolute atomic E-state index is 12.7. The largest absolute Gasteiger partial charge is 0.342 e. The van der Waals surface area contributed by atoms with Crippen LogP contribution < -0.4 is 4.90 Å². The summed E-state index contributed by atoms with van der Waals surface area (Å²) in [7, 11) is 0. The van der Waals surface area contributed by atoms with Gasteiger partial charge < -0.3 is 9.80 Å². The molecule has 2 aliphatic heterocycles. The molecular weight excluding hydrogens is 284 g/mol. The van der Waals surface area contributed by atoms with Crippen LogP contribution in [-0.2, 0) is 11.2 Å². The molecule has 2 heterocycles. The van der Waals surface area contributed by atoms with Crippen molar-refractivity contribution in [1.82, 2.24) is 4.90 Å². The highest BCUT2D eigenvalue weighted by molar-refractivity contribution is 5.79. The first kappa shape index (κ1) is 16.5. The lowest BCUT2D eigenvalue weighted by Gasteiger charge is -2.34. The molecule has 0 spiro atoms. The van der Waals surface area contributed by atoms with E-state index in [9.17, 15) is 4.79 Å². The summed E-state index contributed by atoms with van der Waals surface area (Å²) in [5.41, 5.74) is 1.44. The summed E-state index contributed by atoms with van der Waals surface area (Å²) in [5, 5.41) is 0. The molecule has 2 atom stereocenters. The summed E-state index contributed by atoms with van der Waals surface area (Å²) in [6.45, 7) is 5.51. The molecule has 126 valence electrons. The van der Waals surface area contributed by atoms with Crippen LogP contribution in [0.3, 0.4) is 0 Å². The number of carbonyl (C=O) groups is 1. The minimum atomic E-state index is 0.286. The molecule has 3 heteroatoms. The fraction of sp³-hybridized carbons (Fsp3) is 0.650. The maximum atomic E-state index is 12.7. The second-order valence-electron chi connectivity index (χ2n) is 7.27. The van der Waals surface area contributed by atoms with Crippen molar-refractivity contribution >= 4 is 5.91 Å². The van der Waals surface area contributed by atoms with Crippen molar-refractivity contribution in [2.75, 3.05) is 32.7 Å². The Balaban J connectivity index is 1.43. The van der Waals surface area contributed by atoms with Gasteiger partial charge in [0.2, 0.25) is 5.91 Å². The number of aryl methyl sites for hydroxylation is 1. The highest BCUT2D eigenvalue weighted by Crippen LogP contribution is 2.16. The van der Waals surface area contributed by atoms with Gasteiger partial charge in [-0.25, -0.2) is 0 Å². The van der Waals surface area contributed by atoms with E-state index in [1.807, 2.05) is 0 Å². The van der Waals surface area contributed by atoms with Crippen LogP contribution in [0.4, 0.5) is 0 Å². The highest BCUT2D eigenvalue weighted by atomic mass is 16.2. The lowest BCUT2D eigenvalue weighted by atomic mass is 9.95. The Morgan fingerprint density at radius 1 is 1.09 bits per heavy atom. The van der Waals surface area contributed by atoms with E-state index in [0.717, 1.165) is 32.5 Å². The molecule has 0 aliphatic carbocycles. The number of piperidine rings is 2. The quantitative estimate of drug-likeness (QED) is 0.882. The standard InChI is InChI=1S/C20H30N2O/c23-20(22-15-5-2-6-16-22)19-12-8-14-21(17-19)13-7-11-18-9-3-1-4-10-18/h1,3-4,9-10,19H,2,5-8,11-17H2/p+1/t19-/m0/s1. The number of hydrogen-bond donors (Lipinski definition) is 1. The zero-order valence-electron chi connectivity index (χ0n) is 14.3. The van der Waals surface area contributed by atoms with Gasteiger partial charge in [0.1, 0.15) is 0 Å². The van der Waals surface area contributed by atoms with Crippen molar-refractivity contribution in [3.8, 4) is 0 Å². The molecule has 0 saturated carbocycles. The average Bonchev–Trinajstić information content (AvgIpc) is 2.63. The number of hydrogen-bond acceptors (Lipinski definition) is 1. The molecule has 3 rings (SSSR count). The third kappa shape index (κ3) is 4.81. The third-order valence-corrected chi connectivity index (χ3v) is 5.47. The summed E-state index contributed by atoms with van der Waals surface area (Å²) in [5.74, 6) is 0.735. The van der Waals surface area contributed by atoms with E-state index in [1.54, 1.807) is 4.90 Å².